The van der Waals surface area contributed by atoms with Crippen molar-refractivity contribution in [1.29, 1.82) is 0 Å². The number of halogens is 9. The van der Waals surface area contributed by atoms with Gasteiger partial charge in [-0.1, -0.05) is 23.2 Å². The minimum Gasteiger partial charge on any atom is -0.325 e. The van der Waals surface area contributed by atoms with Crippen molar-refractivity contribution in [2.45, 2.75) is 18.8 Å². The Morgan fingerprint density at radius 1 is 0.750 bits per heavy atom. The third-order valence-corrected chi connectivity index (χ3v) is 4.67. The Balaban J connectivity index is 2.31. The van der Waals surface area contributed by atoms with Gasteiger partial charge in [0.05, 0.1) is 11.1 Å². The van der Waals surface area contributed by atoms with Gasteiger partial charge in [0.2, 0.25) is 11.8 Å². The van der Waals surface area contributed by atoms with Crippen LogP contribution in [0.3, 0.4) is 0 Å². The smallest absolute Gasteiger partial charge is 0.325 e. The summed E-state index contributed by atoms with van der Waals surface area (Å²) in [5.41, 5.74) is -3.89. The lowest BCUT2D eigenvalue weighted by molar-refractivity contribution is -0.143. The van der Waals surface area contributed by atoms with Crippen LogP contribution >= 0.6 is 34.8 Å². The predicted octanol–water partition coefficient (Wildman–Crippen LogP) is 6.85. The minimum absolute atomic E-state index is 0.0818. The molecule has 0 spiro atoms. The van der Waals surface area contributed by atoms with Crippen LogP contribution in [0.5, 0.6) is 0 Å². The zero-order chi connectivity index (χ0) is 24.3. The molecular weight excluding hydrogens is 509 g/mol. The van der Waals surface area contributed by atoms with Crippen LogP contribution in [0.1, 0.15) is 17.5 Å². The number of carbonyl (C=O) groups is 2. The number of alkyl halides is 7. The van der Waals surface area contributed by atoms with Gasteiger partial charge in [0.15, 0.2) is 0 Å². The molecule has 0 saturated carbocycles. The first-order valence-corrected chi connectivity index (χ1v) is 9.93. The fourth-order valence-electron chi connectivity index (χ4n) is 2.60. The number of anilines is 2. The first-order valence-electron chi connectivity index (χ1n) is 8.64. The maximum absolute atomic E-state index is 13.0. The van der Waals surface area contributed by atoms with Crippen LogP contribution in [0, 0.1) is 5.92 Å². The van der Waals surface area contributed by atoms with Crippen molar-refractivity contribution in [1.82, 2.24) is 0 Å². The Labute approximate surface area is 192 Å². The quantitative estimate of drug-likeness (QED) is 0.248. The van der Waals surface area contributed by atoms with E-state index in [-0.39, 0.29) is 34.1 Å². The molecular formula is C19H13Cl3F6N2O2. The maximum Gasteiger partial charge on any atom is 0.416 e. The number of carbonyl (C=O) groups excluding carboxylic acids is 2. The SMILES string of the molecule is O=C(Nc1cc(Cl)cc(Cl)c1)C(CCCl)C(=O)Nc1cc(C(F)(F)F)cc(C(F)(F)F)c1. The van der Waals surface area contributed by atoms with E-state index in [1.54, 1.807) is 0 Å². The van der Waals surface area contributed by atoms with Crippen molar-refractivity contribution in [2.75, 3.05) is 16.5 Å². The highest BCUT2D eigenvalue weighted by Crippen LogP contribution is 2.37. The molecule has 1 atom stereocenters. The number of hydrogen-bond donors (Lipinski definition) is 2. The Morgan fingerprint density at radius 2 is 1.16 bits per heavy atom. The lowest BCUT2D eigenvalue weighted by atomic mass is 10.0. The van der Waals surface area contributed by atoms with E-state index in [0.29, 0.717) is 12.1 Å². The molecule has 2 aromatic rings. The van der Waals surface area contributed by atoms with Crippen molar-refractivity contribution in [2.24, 2.45) is 5.92 Å². The van der Waals surface area contributed by atoms with E-state index in [2.05, 4.69) is 5.32 Å². The van der Waals surface area contributed by atoms with Gasteiger partial charge in [0.1, 0.15) is 5.92 Å². The number of nitrogens with one attached hydrogen (secondary N) is 2. The summed E-state index contributed by atoms with van der Waals surface area (Å²) in [5, 5.41) is 4.64. The highest BCUT2D eigenvalue weighted by molar-refractivity contribution is 6.35. The second kappa shape index (κ2) is 10.2. The molecule has 0 fully saturated rings. The lowest BCUT2D eigenvalue weighted by Crippen LogP contribution is -2.34. The van der Waals surface area contributed by atoms with Crippen molar-refractivity contribution in [3.05, 3.63) is 57.6 Å². The van der Waals surface area contributed by atoms with Crippen molar-refractivity contribution in [3.63, 3.8) is 0 Å². The van der Waals surface area contributed by atoms with Gasteiger partial charge in [-0.15, -0.1) is 11.6 Å². The number of rotatable bonds is 6. The average Bonchev–Trinajstić information content (AvgIpc) is 2.63. The second-order valence-corrected chi connectivity index (χ2v) is 7.71. The molecule has 2 aromatic carbocycles. The summed E-state index contributed by atoms with van der Waals surface area (Å²) in [7, 11) is 0. The fourth-order valence-corrected chi connectivity index (χ4v) is 3.35. The largest absolute Gasteiger partial charge is 0.416 e. The van der Waals surface area contributed by atoms with Crippen LogP contribution in [0.25, 0.3) is 0 Å². The van der Waals surface area contributed by atoms with E-state index in [1.807, 2.05) is 5.32 Å². The summed E-state index contributed by atoms with van der Waals surface area (Å²) in [6.45, 7) is 0. The number of amides is 2. The normalized spacial score (nSPS) is 12.9. The van der Waals surface area contributed by atoms with Crippen LogP contribution in [-0.4, -0.2) is 17.7 Å². The Kier molecular flexibility index (Phi) is 8.30. The first-order chi connectivity index (χ1) is 14.7. The third kappa shape index (κ3) is 7.18. The van der Waals surface area contributed by atoms with Crippen LogP contribution in [-0.2, 0) is 21.9 Å². The second-order valence-electron chi connectivity index (χ2n) is 6.46. The predicted molar refractivity (Wildman–Crippen MR) is 109 cm³/mol. The summed E-state index contributed by atoms with van der Waals surface area (Å²) in [6, 6.07) is 4.61. The van der Waals surface area contributed by atoms with Gasteiger partial charge < -0.3 is 10.6 Å². The van der Waals surface area contributed by atoms with Gasteiger partial charge in [-0.3, -0.25) is 9.59 Å². The summed E-state index contributed by atoms with van der Waals surface area (Å²) >= 11 is 17.3. The summed E-state index contributed by atoms with van der Waals surface area (Å²) in [5.74, 6) is -3.79. The first kappa shape index (κ1) is 26.1. The molecule has 0 heterocycles. The molecule has 0 aliphatic carbocycles. The average molecular weight is 522 g/mol. The molecule has 13 heteroatoms. The molecule has 2 rings (SSSR count). The molecule has 2 N–H and O–H groups in total. The molecule has 174 valence electrons. The molecule has 1 unspecified atom stereocenters. The molecule has 2 amide bonds. The summed E-state index contributed by atoms with van der Waals surface area (Å²) < 4.78 is 78.0. The minimum atomic E-state index is -5.10. The van der Waals surface area contributed by atoms with Gasteiger partial charge >= 0.3 is 12.4 Å². The molecule has 0 aromatic heterocycles. The van der Waals surface area contributed by atoms with Gasteiger partial charge in [-0.05, 0) is 42.8 Å². The Bertz CT molecular complexity index is 959. The van der Waals surface area contributed by atoms with E-state index in [4.69, 9.17) is 34.8 Å². The fraction of sp³-hybridized carbons (Fsp3) is 0.263. The van der Waals surface area contributed by atoms with E-state index >= 15 is 0 Å². The topological polar surface area (TPSA) is 58.2 Å². The molecule has 0 saturated heterocycles. The summed E-state index contributed by atoms with van der Waals surface area (Å²) in [6.07, 6.45) is -10.4. The molecule has 0 radical (unpaired) electrons. The Hall–Kier alpha value is -2.17. The van der Waals surface area contributed by atoms with E-state index in [1.165, 1.54) is 18.2 Å². The monoisotopic (exact) mass is 520 g/mol. The van der Waals surface area contributed by atoms with Crippen LogP contribution in [0.2, 0.25) is 10.0 Å². The van der Waals surface area contributed by atoms with E-state index < -0.39 is 46.9 Å². The molecule has 0 aliphatic heterocycles. The van der Waals surface area contributed by atoms with Crippen molar-refractivity contribution >= 4 is 58.0 Å². The van der Waals surface area contributed by atoms with Crippen LogP contribution in [0.15, 0.2) is 36.4 Å². The van der Waals surface area contributed by atoms with Gasteiger partial charge in [-0.2, -0.15) is 26.3 Å². The highest BCUT2D eigenvalue weighted by atomic mass is 35.5. The van der Waals surface area contributed by atoms with Crippen LogP contribution < -0.4 is 10.6 Å². The Morgan fingerprint density at radius 3 is 1.53 bits per heavy atom. The highest BCUT2D eigenvalue weighted by Gasteiger charge is 2.37. The summed E-state index contributed by atoms with van der Waals surface area (Å²) in [4.78, 5) is 25.1. The number of benzene rings is 2. The van der Waals surface area contributed by atoms with Crippen molar-refractivity contribution in [3.8, 4) is 0 Å². The van der Waals surface area contributed by atoms with Gasteiger partial charge in [0.25, 0.3) is 0 Å². The zero-order valence-corrected chi connectivity index (χ0v) is 17.9. The van der Waals surface area contributed by atoms with Crippen LogP contribution in [0.4, 0.5) is 37.7 Å². The standard InChI is InChI=1S/C19H13Cl3F6N2O2/c20-2-1-15(17(32)30-14-7-11(21)6-12(22)8-14)16(31)29-13-4-9(18(23,24)25)3-10(5-13)19(26,27)28/h3-8,15H,1-2H2,(H,29,31)(H,30,32). The third-order valence-electron chi connectivity index (χ3n) is 4.02. The van der Waals surface area contributed by atoms with Crippen molar-refractivity contribution < 1.29 is 35.9 Å². The molecule has 0 aliphatic rings. The lowest BCUT2D eigenvalue weighted by Gasteiger charge is -2.18. The molecule has 32 heavy (non-hydrogen) atoms. The van der Waals surface area contributed by atoms with Gasteiger partial charge in [0, 0.05) is 27.3 Å². The molecule has 0 bridgehead atoms. The van der Waals surface area contributed by atoms with E-state index in [0.717, 1.165) is 0 Å². The van der Waals surface area contributed by atoms with Gasteiger partial charge in [-0.25, -0.2) is 0 Å². The van der Waals surface area contributed by atoms with E-state index in [9.17, 15) is 35.9 Å². The molecule has 4 nitrogen and oxygen atoms in total. The maximum atomic E-state index is 13.0. The number of hydrogen-bond acceptors (Lipinski definition) is 2. The zero-order valence-electron chi connectivity index (χ0n) is 15.7.